The summed E-state index contributed by atoms with van der Waals surface area (Å²) in [5.74, 6) is -0.721. The molecular weight excluding hydrogens is 336 g/mol. The van der Waals surface area contributed by atoms with Crippen LogP contribution in [0.1, 0.15) is 43.9 Å². The normalized spacial score (nSPS) is 11.3. The number of benzene rings is 2. The largest absolute Gasteiger partial charge is 0.489 e. The maximum absolute atomic E-state index is 13.7. The first kappa shape index (κ1) is 19.9. The third kappa shape index (κ3) is 5.55. The minimum atomic E-state index is -0.635. The molecule has 2 rings (SSSR count). The molecule has 0 aromatic heterocycles. The summed E-state index contributed by atoms with van der Waals surface area (Å²) >= 11 is 0. The van der Waals surface area contributed by atoms with Crippen molar-refractivity contribution in [1.29, 1.82) is 0 Å². The molecule has 0 saturated carbocycles. The number of anilines is 1. The zero-order valence-electron chi connectivity index (χ0n) is 15.9. The van der Waals surface area contributed by atoms with Crippen LogP contribution in [0.5, 0.6) is 5.75 Å². The van der Waals surface area contributed by atoms with E-state index < -0.39 is 11.6 Å². The Morgan fingerprint density at radius 1 is 1.08 bits per heavy atom. The number of carbonyl (C=O) groups is 1. The van der Waals surface area contributed by atoms with Crippen molar-refractivity contribution in [2.75, 3.05) is 5.32 Å². The fraction of sp³-hybridized carbons (Fsp3) is 0.381. The van der Waals surface area contributed by atoms with Gasteiger partial charge in [0.05, 0.1) is 0 Å². The minimum Gasteiger partial charge on any atom is -0.489 e. The Bertz CT molecular complexity index is 787. The second kappa shape index (κ2) is 7.85. The Kier molecular flexibility index (Phi) is 6.01. The van der Waals surface area contributed by atoms with Crippen LogP contribution in [-0.4, -0.2) is 5.91 Å². The SMILES string of the molecule is Cc1cc(OCc2ccc(F)cc2F)cc(C)c1NC(=O)CC(C)(C)C. The molecule has 0 aliphatic heterocycles. The molecule has 0 saturated heterocycles. The summed E-state index contributed by atoms with van der Waals surface area (Å²) in [6.45, 7) is 9.80. The lowest BCUT2D eigenvalue weighted by molar-refractivity contribution is -0.117. The first-order valence-electron chi connectivity index (χ1n) is 8.53. The van der Waals surface area contributed by atoms with Gasteiger partial charge >= 0.3 is 0 Å². The molecule has 140 valence electrons. The van der Waals surface area contributed by atoms with E-state index in [1.54, 1.807) is 12.1 Å². The fourth-order valence-electron chi connectivity index (χ4n) is 2.67. The van der Waals surface area contributed by atoms with Crippen LogP contribution in [0.3, 0.4) is 0 Å². The quantitative estimate of drug-likeness (QED) is 0.760. The number of carbonyl (C=O) groups excluding carboxylic acids is 1. The van der Waals surface area contributed by atoms with Crippen molar-refractivity contribution in [2.45, 2.75) is 47.6 Å². The number of halogens is 2. The van der Waals surface area contributed by atoms with Gasteiger partial charge in [0, 0.05) is 23.7 Å². The zero-order valence-corrected chi connectivity index (χ0v) is 15.9. The highest BCUT2D eigenvalue weighted by molar-refractivity contribution is 5.92. The van der Waals surface area contributed by atoms with E-state index >= 15 is 0 Å². The van der Waals surface area contributed by atoms with Gasteiger partial charge in [-0.25, -0.2) is 8.78 Å². The van der Waals surface area contributed by atoms with Gasteiger partial charge in [-0.15, -0.1) is 0 Å². The topological polar surface area (TPSA) is 38.3 Å². The number of rotatable bonds is 5. The van der Waals surface area contributed by atoms with E-state index in [4.69, 9.17) is 4.74 Å². The summed E-state index contributed by atoms with van der Waals surface area (Å²) in [4.78, 5) is 12.2. The van der Waals surface area contributed by atoms with Crippen molar-refractivity contribution in [3.8, 4) is 5.75 Å². The van der Waals surface area contributed by atoms with Crippen molar-refractivity contribution < 1.29 is 18.3 Å². The average Bonchev–Trinajstić information content (AvgIpc) is 2.48. The van der Waals surface area contributed by atoms with Crippen LogP contribution >= 0.6 is 0 Å². The van der Waals surface area contributed by atoms with Crippen LogP contribution in [0, 0.1) is 30.9 Å². The lowest BCUT2D eigenvalue weighted by Gasteiger charge is -2.19. The molecule has 2 aromatic carbocycles. The summed E-state index contributed by atoms with van der Waals surface area (Å²) < 4.78 is 32.3. The number of amides is 1. The highest BCUT2D eigenvalue weighted by Gasteiger charge is 2.17. The first-order valence-corrected chi connectivity index (χ1v) is 8.53. The Labute approximate surface area is 153 Å². The second-order valence-corrected chi connectivity index (χ2v) is 7.74. The number of hydrogen-bond donors (Lipinski definition) is 1. The summed E-state index contributed by atoms with van der Waals surface area (Å²) in [6.07, 6.45) is 0.425. The molecule has 0 heterocycles. The van der Waals surface area contributed by atoms with Crippen molar-refractivity contribution in [1.82, 2.24) is 0 Å². The van der Waals surface area contributed by atoms with Gasteiger partial charge < -0.3 is 10.1 Å². The molecule has 0 aliphatic rings. The molecule has 1 amide bonds. The second-order valence-electron chi connectivity index (χ2n) is 7.74. The van der Waals surface area contributed by atoms with Crippen LogP contribution in [-0.2, 0) is 11.4 Å². The number of aryl methyl sites for hydroxylation is 2. The van der Waals surface area contributed by atoms with Gasteiger partial charge in [0.1, 0.15) is 24.0 Å². The van der Waals surface area contributed by atoms with Crippen LogP contribution < -0.4 is 10.1 Å². The van der Waals surface area contributed by atoms with Crippen LogP contribution in [0.4, 0.5) is 14.5 Å². The maximum Gasteiger partial charge on any atom is 0.224 e. The Morgan fingerprint density at radius 3 is 2.23 bits per heavy atom. The molecule has 0 atom stereocenters. The van der Waals surface area contributed by atoms with Gasteiger partial charge in [-0.05, 0) is 54.7 Å². The molecular formula is C21H25F2NO2. The van der Waals surface area contributed by atoms with E-state index in [0.29, 0.717) is 12.2 Å². The predicted molar refractivity (Wildman–Crippen MR) is 99.3 cm³/mol. The number of hydrogen-bond acceptors (Lipinski definition) is 2. The van der Waals surface area contributed by atoms with Crippen molar-refractivity contribution in [2.24, 2.45) is 5.41 Å². The van der Waals surface area contributed by atoms with Gasteiger partial charge in [-0.2, -0.15) is 0 Å². The van der Waals surface area contributed by atoms with Gasteiger partial charge in [0.2, 0.25) is 5.91 Å². The summed E-state index contributed by atoms with van der Waals surface area (Å²) in [5, 5.41) is 2.96. The standard InChI is InChI=1S/C21H25F2NO2/c1-13-8-17(26-12-15-6-7-16(22)10-18(15)23)9-14(2)20(13)24-19(25)11-21(3,4)5/h6-10H,11-12H2,1-5H3,(H,24,25). The smallest absolute Gasteiger partial charge is 0.224 e. The third-order valence-electron chi connectivity index (χ3n) is 3.87. The molecule has 0 fully saturated rings. The van der Waals surface area contributed by atoms with Crippen LogP contribution in [0.2, 0.25) is 0 Å². The molecule has 26 heavy (non-hydrogen) atoms. The van der Waals surface area contributed by atoms with E-state index in [9.17, 15) is 13.6 Å². The predicted octanol–water partition coefficient (Wildman–Crippen LogP) is 5.54. The van der Waals surface area contributed by atoms with Crippen LogP contribution in [0.15, 0.2) is 30.3 Å². The van der Waals surface area contributed by atoms with Crippen LogP contribution in [0.25, 0.3) is 0 Å². The molecule has 0 unspecified atom stereocenters. The molecule has 1 N–H and O–H groups in total. The number of ether oxygens (including phenoxy) is 1. The Balaban J connectivity index is 2.09. The van der Waals surface area contributed by atoms with E-state index in [0.717, 1.165) is 22.9 Å². The van der Waals surface area contributed by atoms with Gasteiger partial charge in [0.25, 0.3) is 0 Å². The third-order valence-corrected chi connectivity index (χ3v) is 3.87. The monoisotopic (exact) mass is 361 g/mol. The highest BCUT2D eigenvalue weighted by Crippen LogP contribution is 2.28. The molecule has 0 aliphatic carbocycles. The molecule has 2 aromatic rings. The summed E-state index contributed by atoms with van der Waals surface area (Å²) in [5.41, 5.74) is 2.68. The molecule has 0 bridgehead atoms. The average molecular weight is 361 g/mol. The first-order chi connectivity index (χ1) is 12.0. The molecule has 3 nitrogen and oxygen atoms in total. The summed E-state index contributed by atoms with van der Waals surface area (Å²) in [6, 6.07) is 6.99. The Hall–Kier alpha value is -2.43. The Morgan fingerprint density at radius 2 is 1.69 bits per heavy atom. The van der Waals surface area contributed by atoms with E-state index in [1.165, 1.54) is 12.1 Å². The number of nitrogens with one attached hydrogen (secondary N) is 1. The van der Waals surface area contributed by atoms with Gasteiger partial charge in [-0.3, -0.25) is 4.79 Å². The molecule has 0 radical (unpaired) electrons. The lowest BCUT2D eigenvalue weighted by Crippen LogP contribution is -2.20. The minimum absolute atomic E-state index is 0.000718. The van der Waals surface area contributed by atoms with Gasteiger partial charge in [-0.1, -0.05) is 20.8 Å². The lowest BCUT2D eigenvalue weighted by atomic mass is 9.92. The van der Waals surface area contributed by atoms with Crippen molar-refractivity contribution in [3.63, 3.8) is 0 Å². The van der Waals surface area contributed by atoms with E-state index in [1.807, 2.05) is 34.6 Å². The van der Waals surface area contributed by atoms with E-state index in [2.05, 4.69) is 5.32 Å². The van der Waals surface area contributed by atoms with Crippen molar-refractivity contribution in [3.05, 3.63) is 58.7 Å². The highest BCUT2D eigenvalue weighted by atomic mass is 19.1. The van der Waals surface area contributed by atoms with Crippen molar-refractivity contribution >= 4 is 11.6 Å². The van der Waals surface area contributed by atoms with E-state index in [-0.39, 0.29) is 23.5 Å². The molecule has 0 spiro atoms. The molecule has 5 heteroatoms. The zero-order chi connectivity index (χ0) is 19.5. The maximum atomic E-state index is 13.7. The summed E-state index contributed by atoms with van der Waals surface area (Å²) in [7, 11) is 0. The van der Waals surface area contributed by atoms with Gasteiger partial charge in [0.15, 0.2) is 0 Å². The fourth-order valence-corrected chi connectivity index (χ4v) is 2.67.